The van der Waals surface area contributed by atoms with Crippen LogP contribution in [-0.2, 0) is 4.79 Å². The lowest BCUT2D eigenvalue weighted by atomic mass is 9.93. The second-order valence-corrected chi connectivity index (χ2v) is 8.67. The van der Waals surface area contributed by atoms with Gasteiger partial charge in [-0.15, -0.1) is 11.6 Å². The van der Waals surface area contributed by atoms with Gasteiger partial charge >= 0.3 is 0 Å². The molecule has 1 aromatic heterocycles. The molecule has 3 rings (SSSR count). The Kier molecular flexibility index (Phi) is 4.70. The lowest BCUT2D eigenvalue weighted by molar-refractivity contribution is -0.130. The Morgan fingerprint density at radius 3 is 2.70 bits per heavy atom. The van der Waals surface area contributed by atoms with Crippen LogP contribution in [0, 0.1) is 15.5 Å². The number of halogens is 2. The lowest BCUT2D eigenvalue weighted by Gasteiger charge is -2.30. The maximum absolute atomic E-state index is 11.6. The summed E-state index contributed by atoms with van der Waals surface area (Å²) < 4.78 is 3.14. The van der Waals surface area contributed by atoms with Crippen molar-refractivity contribution in [3.05, 3.63) is 15.5 Å². The zero-order valence-electron chi connectivity index (χ0n) is 13.7. The fourth-order valence-corrected chi connectivity index (χ4v) is 4.96. The first-order valence-corrected chi connectivity index (χ1v) is 9.64. The van der Waals surface area contributed by atoms with Crippen molar-refractivity contribution in [2.24, 2.45) is 11.8 Å². The largest absolute Gasteiger partial charge is 0.388 e. The summed E-state index contributed by atoms with van der Waals surface area (Å²) in [7, 11) is 1.71. The number of hydrogen-bond acceptors (Lipinski definition) is 3. The molecule has 128 valence electrons. The minimum absolute atomic E-state index is 0.0337. The zero-order valence-corrected chi connectivity index (χ0v) is 16.6. The highest BCUT2D eigenvalue weighted by molar-refractivity contribution is 14.1. The van der Waals surface area contributed by atoms with Crippen molar-refractivity contribution >= 4 is 40.1 Å². The average Bonchev–Trinajstić information content (AvgIpc) is 2.83. The summed E-state index contributed by atoms with van der Waals surface area (Å²) >= 11 is 7.85. The highest BCUT2D eigenvalue weighted by Gasteiger charge is 2.62. The van der Waals surface area contributed by atoms with Crippen LogP contribution in [0.25, 0.3) is 0 Å². The van der Waals surface area contributed by atoms with Crippen LogP contribution in [0.15, 0.2) is 6.07 Å². The van der Waals surface area contributed by atoms with E-state index in [0.29, 0.717) is 30.3 Å². The van der Waals surface area contributed by atoms with E-state index in [9.17, 15) is 9.90 Å². The first kappa shape index (κ1) is 17.5. The average molecular weight is 452 g/mol. The van der Waals surface area contributed by atoms with Crippen LogP contribution in [-0.4, -0.2) is 50.8 Å². The van der Waals surface area contributed by atoms with Gasteiger partial charge in [-0.25, -0.2) is 0 Å². The van der Waals surface area contributed by atoms with Crippen molar-refractivity contribution in [2.45, 2.75) is 44.2 Å². The third kappa shape index (κ3) is 3.26. The van der Waals surface area contributed by atoms with Crippen molar-refractivity contribution < 1.29 is 9.90 Å². The van der Waals surface area contributed by atoms with E-state index in [0.717, 1.165) is 16.5 Å². The summed E-state index contributed by atoms with van der Waals surface area (Å²) in [5, 5.41) is 15.4. The van der Waals surface area contributed by atoms with E-state index in [1.54, 1.807) is 11.9 Å². The predicted octanol–water partition coefficient (Wildman–Crippen LogP) is 2.62. The molecule has 2 aliphatic carbocycles. The molecule has 1 heterocycles. The van der Waals surface area contributed by atoms with Crippen molar-refractivity contribution in [1.29, 1.82) is 0 Å². The SMILES string of the molecule is CC(C)n1nc(I)cc1C1[C@H]2CC(O)(CN(C)C(=O)CCl)C[C@@H]12. The Morgan fingerprint density at radius 1 is 1.57 bits per heavy atom. The normalized spacial score (nSPS) is 32.2. The quantitative estimate of drug-likeness (QED) is 0.553. The summed E-state index contributed by atoms with van der Waals surface area (Å²) in [5.74, 6) is 1.34. The van der Waals surface area contributed by atoms with Crippen LogP contribution in [0.1, 0.15) is 44.3 Å². The Morgan fingerprint density at radius 2 is 2.17 bits per heavy atom. The van der Waals surface area contributed by atoms with Crippen molar-refractivity contribution in [2.75, 3.05) is 19.5 Å². The summed E-state index contributed by atoms with van der Waals surface area (Å²) in [6.07, 6.45) is 1.50. The summed E-state index contributed by atoms with van der Waals surface area (Å²) in [6, 6.07) is 2.52. The molecule has 1 aromatic rings. The van der Waals surface area contributed by atoms with Crippen LogP contribution in [0.5, 0.6) is 0 Å². The molecular weight excluding hydrogens is 429 g/mol. The molecule has 1 N–H and O–H groups in total. The van der Waals surface area contributed by atoms with Crippen molar-refractivity contribution in [1.82, 2.24) is 14.7 Å². The van der Waals surface area contributed by atoms with Gasteiger partial charge in [0.05, 0.1) is 5.60 Å². The minimum atomic E-state index is -0.766. The van der Waals surface area contributed by atoms with E-state index in [2.05, 4.69) is 52.3 Å². The standard InChI is InChI=1S/C16H23ClIN3O2/c1-9(2)21-12(4-13(18)19-21)15-10-5-16(23,6-11(10)15)8-20(3)14(22)7-17/h4,9-11,15,23H,5-8H2,1-3H3/t10-,11+,15?,16?. The van der Waals surface area contributed by atoms with E-state index < -0.39 is 5.60 Å². The van der Waals surface area contributed by atoms with Gasteiger partial charge < -0.3 is 10.0 Å². The second kappa shape index (κ2) is 6.19. The van der Waals surface area contributed by atoms with Gasteiger partial charge in [-0.05, 0) is 67.2 Å². The summed E-state index contributed by atoms with van der Waals surface area (Å²) in [4.78, 5) is 13.2. The number of carbonyl (C=O) groups excluding carboxylic acids is 1. The van der Waals surface area contributed by atoms with E-state index in [1.807, 2.05) is 0 Å². The number of carbonyl (C=O) groups is 1. The summed E-state index contributed by atoms with van der Waals surface area (Å²) in [5.41, 5.74) is 0.532. The van der Waals surface area contributed by atoms with E-state index in [-0.39, 0.29) is 11.8 Å². The number of hydrogen-bond donors (Lipinski definition) is 1. The summed E-state index contributed by atoms with van der Waals surface area (Å²) in [6.45, 7) is 4.67. The smallest absolute Gasteiger partial charge is 0.237 e. The fourth-order valence-electron chi connectivity index (χ4n) is 4.20. The second-order valence-electron chi connectivity index (χ2n) is 7.30. The molecule has 0 radical (unpaired) electrons. The molecule has 0 aliphatic heterocycles. The zero-order chi connectivity index (χ0) is 16.9. The number of aliphatic hydroxyl groups is 1. The van der Waals surface area contributed by atoms with E-state index in [4.69, 9.17) is 11.6 Å². The predicted molar refractivity (Wildman–Crippen MR) is 97.6 cm³/mol. The number of rotatable bonds is 5. The first-order valence-electron chi connectivity index (χ1n) is 8.03. The Labute approximate surface area is 155 Å². The van der Waals surface area contributed by atoms with E-state index >= 15 is 0 Å². The number of alkyl halides is 1. The maximum Gasteiger partial charge on any atom is 0.237 e. The van der Waals surface area contributed by atoms with Crippen LogP contribution in [0.2, 0.25) is 0 Å². The molecule has 2 saturated carbocycles. The van der Waals surface area contributed by atoms with Gasteiger partial charge in [0.2, 0.25) is 5.91 Å². The van der Waals surface area contributed by atoms with Crippen molar-refractivity contribution in [3.63, 3.8) is 0 Å². The number of aromatic nitrogens is 2. The third-order valence-electron chi connectivity index (χ3n) is 5.20. The Balaban J connectivity index is 1.67. The highest BCUT2D eigenvalue weighted by Crippen LogP contribution is 2.66. The number of amides is 1. The fraction of sp³-hybridized carbons (Fsp3) is 0.750. The molecule has 7 heteroatoms. The Bertz CT molecular complexity index is 606. The number of likely N-dealkylation sites (N-methyl/N-ethyl adjacent to an activating group) is 1. The minimum Gasteiger partial charge on any atom is -0.388 e. The molecule has 2 unspecified atom stereocenters. The molecule has 0 aromatic carbocycles. The van der Waals surface area contributed by atoms with Gasteiger partial charge in [0.1, 0.15) is 9.58 Å². The molecule has 4 atom stereocenters. The molecule has 23 heavy (non-hydrogen) atoms. The van der Waals surface area contributed by atoms with E-state index in [1.165, 1.54) is 5.69 Å². The highest BCUT2D eigenvalue weighted by atomic mass is 127. The monoisotopic (exact) mass is 451 g/mol. The molecular formula is C16H23ClIN3O2. The Hall–Kier alpha value is -0.340. The topological polar surface area (TPSA) is 58.4 Å². The molecule has 5 nitrogen and oxygen atoms in total. The van der Waals surface area contributed by atoms with Gasteiger partial charge in [-0.1, -0.05) is 0 Å². The first-order chi connectivity index (χ1) is 10.8. The van der Waals surface area contributed by atoms with Gasteiger partial charge in [-0.3, -0.25) is 9.48 Å². The van der Waals surface area contributed by atoms with Gasteiger partial charge in [0.15, 0.2) is 0 Å². The molecule has 0 bridgehead atoms. The number of fused-ring (bicyclic) bond motifs is 1. The van der Waals surface area contributed by atoms with Gasteiger partial charge in [0, 0.05) is 31.2 Å². The molecule has 1 amide bonds. The molecule has 2 fully saturated rings. The number of nitrogens with zero attached hydrogens (tertiary/aromatic N) is 3. The van der Waals surface area contributed by atoms with Crippen LogP contribution in [0.3, 0.4) is 0 Å². The van der Waals surface area contributed by atoms with Gasteiger partial charge in [0.25, 0.3) is 0 Å². The van der Waals surface area contributed by atoms with Crippen LogP contribution in [0.4, 0.5) is 0 Å². The van der Waals surface area contributed by atoms with Crippen LogP contribution < -0.4 is 0 Å². The molecule has 0 spiro atoms. The third-order valence-corrected chi connectivity index (χ3v) is 5.96. The molecule has 0 saturated heterocycles. The van der Waals surface area contributed by atoms with Crippen molar-refractivity contribution in [3.8, 4) is 0 Å². The van der Waals surface area contributed by atoms with Gasteiger partial charge in [-0.2, -0.15) is 5.10 Å². The molecule has 2 aliphatic rings. The maximum atomic E-state index is 11.6. The van der Waals surface area contributed by atoms with Crippen LogP contribution >= 0.6 is 34.2 Å². The lowest BCUT2D eigenvalue weighted by Crippen LogP contribution is -2.43.